The Balaban J connectivity index is 1.77. The molecule has 2 saturated heterocycles. The van der Waals surface area contributed by atoms with Crippen molar-refractivity contribution in [3.05, 3.63) is 27.0 Å². The van der Waals surface area contributed by atoms with E-state index < -0.39 is 55.3 Å². The van der Waals surface area contributed by atoms with Gasteiger partial charge in [0.15, 0.2) is 6.23 Å². The van der Waals surface area contributed by atoms with Crippen LogP contribution in [0.15, 0.2) is 15.8 Å². The number of nitrogens with one attached hydrogen (secondary N) is 2. The SMILES string of the molecule is COC(=O)[C@H](C)NP1(=O)CC[C@H]2O[C@@H](n3ncc(=O)[nH]c3=O)[C@H](O)[C@@H]2O1. The zero-order chi connectivity index (χ0) is 19.1. The monoisotopic (exact) mass is 390 g/mol. The highest BCUT2D eigenvalue weighted by Gasteiger charge is 2.52. The molecule has 12 nitrogen and oxygen atoms in total. The first-order chi connectivity index (χ1) is 12.2. The van der Waals surface area contributed by atoms with Gasteiger partial charge in [-0.3, -0.25) is 19.1 Å². The lowest BCUT2D eigenvalue weighted by Crippen LogP contribution is -2.43. The fraction of sp³-hybridized carbons (Fsp3) is 0.692. The molecule has 1 unspecified atom stereocenters. The van der Waals surface area contributed by atoms with E-state index in [-0.39, 0.29) is 12.6 Å². The van der Waals surface area contributed by atoms with Crippen molar-refractivity contribution in [2.24, 2.45) is 0 Å². The van der Waals surface area contributed by atoms with Crippen molar-refractivity contribution in [2.45, 2.75) is 43.9 Å². The standard InChI is InChI=1S/C13H19N4O8P/c1-6(12(20)23-2)16-26(22)4-3-7-10(25-26)9(19)11(24-7)17-13(21)15-8(18)5-14-17/h5-7,9-11,19H,3-4H2,1-2H3,(H,16,22)(H,15,18,21)/t6-,7+,9+,10+,11+,26?/m0/s1. The lowest BCUT2D eigenvalue weighted by molar-refractivity contribution is -0.142. The number of esters is 1. The quantitative estimate of drug-likeness (QED) is 0.400. The number of methoxy groups -OCH3 is 1. The van der Waals surface area contributed by atoms with Gasteiger partial charge in [-0.05, 0) is 13.3 Å². The molecule has 3 N–H and O–H groups in total. The fourth-order valence-corrected chi connectivity index (χ4v) is 5.23. The Morgan fingerprint density at radius 2 is 2.31 bits per heavy atom. The predicted molar refractivity (Wildman–Crippen MR) is 85.6 cm³/mol. The molecular formula is C13H19N4O8P. The molecule has 2 fully saturated rings. The number of aromatic amines is 1. The third kappa shape index (κ3) is 3.51. The Morgan fingerprint density at radius 3 is 2.96 bits per heavy atom. The van der Waals surface area contributed by atoms with Gasteiger partial charge in [0.2, 0.25) is 0 Å². The number of carbonyl (C=O) groups is 1. The van der Waals surface area contributed by atoms with Crippen molar-refractivity contribution < 1.29 is 28.5 Å². The smallest absolute Gasteiger partial charge is 0.347 e. The first-order valence-electron chi connectivity index (χ1n) is 7.89. The summed E-state index contributed by atoms with van der Waals surface area (Å²) >= 11 is 0. The third-order valence-electron chi connectivity index (χ3n) is 4.23. The summed E-state index contributed by atoms with van der Waals surface area (Å²) in [6, 6.07) is -0.860. The second kappa shape index (κ2) is 7.05. The van der Waals surface area contributed by atoms with Crippen LogP contribution in [-0.4, -0.2) is 63.5 Å². The molecule has 13 heteroatoms. The summed E-state index contributed by atoms with van der Waals surface area (Å²) < 4.78 is 29.4. The molecule has 1 aromatic rings. The molecular weight excluding hydrogens is 371 g/mol. The topological polar surface area (TPSA) is 162 Å². The number of carbonyl (C=O) groups excluding carboxylic acids is 1. The summed E-state index contributed by atoms with van der Waals surface area (Å²) in [5.41, 5.74) is -1.53. The number of aromatic nitrogens is 3. The van der Waals surface area contributed by atoms with Gasteiger partial charge in [-0.15, -0.1) is 0 Å². The number of ether oxygens (including phenoxy) is 2. The lowest BCUT2D eigenvalue weighted by atomic mass is 10.1. The van der Waals surface area contributed by atoms with Crippen LogP contribution in [0, 0.1) is 0 Å². The van der Waals surface area contributed by atoms with E-state index in [1.165, 1.54) is 14.0 Å². The summed E-state index contributed by atoms with van der Waals surface area (Å²) in [6.07, 6.45) is -2.92. The van der Waals surface area contributed by atoms with Crippen molar-refractivity contribution in [2.75, 3.05) is 13.3 Å². The molecule has 3 rings (SSSR count). The minimum atomic E-state index is -3.44. The van der Waals surface area contributed by atoms with Gasteiger partial charge in [-0.2, -0.15) is 9.78 Å². The minimum Gasteiger partial charge on any atom is -0.468 e. The Hall–Kier alpha value is -1.85. The van der Waals surface area contributed by atoms with Crippen molar-refractivity contribution >= 4 is 13.5 Å². The molecule has 0 spiro atoms. The Morgan fingerprint density at radius 1 is 1.58 bits per heavy atom. The van der Waals surface area contributed by atoms with E-state index in [9.17, 15) is 24.1 Å². The van der Waals surface area contributed by atoms with Gasteiger partial charge < -0.3 is 19.1 Å². The molecule has 0 aliphatic carbocycles. The molecule has 0 aromatic carbocycles. The zero-order valence-corrected chi connectivity index (χ0v) is 14.9. The highest BCUT2D eigenvalue weighted by Crippen LogP contribution is 2.53. The zero-order valence-electron chi connectivity index (χ0n) is 14.0. The summed E-state index contributed by atoms with van der Waals surface area (Å²) in [7, 11) is -2.23. The van der Waals surface area contributed by atoms with Gasteiger partial charge in [0.1, 0.15) is 24.4 Å². The molecule has 2 aliphatic heterocycles. The van der Waals surface area contributed by atoms with Crippen LogP contribution in [0.4, 0.5) is 0 Å². The molecule has 6 atom stereocenters. The largest absolute Gasteiger partial charge is 0.468 e. The number of rotatable bonds is 4. The number of aliphatic hydroxyl groups excluding tert-OH is 1. The molecule has 2 aliphatic rings. The fourth-order valence-electron chi connectivity index (χ4n) is 2.99. The summed E-state index contributed by atoms with van der Waals surface area (Å²) in [5, 5.41) is 16.7. The molecule has 144 valence electrons. The molecule has 26 heavy (non-hydrogen) atoms. The second-order valence-corrected chi connectivity index (χ2v) is 8.33. The highest BCUT2D eigenvalue weighted by atomic mass is 31.2. The third-order valence-corrected chi connectivity index (χ3v) is 6.44. The second-order valence-electron chi connectivity index (χ2n) is 6.07. The molecule has 0 amide bonds. The van der Waals surface area contributed by atoms with Crippen LogP contribution < -0.4 is 16.3 Å². The van der Waals surface area contributed by atoms with E-state index in [0.29, 0.717) is 0 Å². The summed E-state index contributed by atoms with van der Waals surface area (Å²) in [4.78, 5) is 36.5. The number of H-pyrrole nitrogens is 1. The molecule has 3 heterocycles. The average molecular weight is 390 g/mol. The molecule has 0 saturated carbocycles. The molecule has 1 aromatic heterocycles. The predicted octanol–water partition coefficient (Wildman–Crippen LogP) is -1.68. The molecule has 0 bridgehead atoms. The Labute approximate surface area is 147 Å². The van der Waals surface area contributed by atoms with Crippen LogP contribution in [0.3, 0.4) is 0 Å². The van der Waals surface area contributed by atoms with E-state index in [1.807, 2.05) is 4.98 Å². The number of nitrogens with zero attached hydrogens (tertiary/aromatic N) is 2. The van der Waals surface area contributed by atoms with E-state index in [4.69, 9.17) is 9.26 Å². The van der Waals surface area contributed by atoms with Gasteiger partial charge >= 0.3 is 11.7 Å². The van der Waals surface area contributed by atoms with E-state index in [1.54, 1.807) is 0 Å². The maximum absolute atomic E-state index is 12.9. The van der Waals surface area contributed by atoms with Crippen LogP contribution in [0.25, 0.3) is 0 Å². The van der Waals surface area contributed by atoms with Crippen LogP contribution in [0.1, 0.15) is 19.6 Å². The summed E-state index contributed by atoms with van der Waals surface area (Å²) in [5.74, 6) is -0.601. The lowest BCUT2D eigenvalue weighted by Gasteiger charge is -2.33. The van der Waals surface area contributed by atoms with Crippen molar-refractivity contribution in [3.63, 3.8) is 0 Å². The van der Waals surface area contributed by atoms with Crippen LogP contribution in [-0.2, 0) is 23.4 Å². The normalized spacial score (nSPS) is 34.9. The number of aliphatic hydroxyl groups is 1. The maximum atomic E-state index is 12.9. The maximum Gasteiger partial charge on any atom is 0.347 e. The van der Waals surface area contributed by atoms with Crippen molar-refractivity contribution in [3.8, 4) is 0 Å². The van der Waals surface area contributed by atoms with Crippen molar-refractivity contribution in [1.29, 1.82) is 0 Å². The van der Waals surface area contributed by atoms with Gasteiger partial charge in [-0.1, -0.05) is 0 Å². The molecule has 0 radical (unpaired) electrons. The van der Waals surface area contributed by atoms with Crippen LogP contribution in [0.2, 0.25) is 0 Å². The number of fused-ring (bicyclic) bond motifs is 1. The van der Waals surface area contributed by atoms with E-state index in [2.05, 4.69) is 14.9 Å². The van der Waals surface area contributed by atoms with E-state index >= 15 is 0 Å². The first kappa shape index (κ1) is 18.9. The van der Waals surface area contributed by atoms with Gasteiger partial charge in [0, 0.05) is 6.16 Å². The number of hydrogen-bond donors (Lipinski definition) is 3. The minimum absolute atomic E-state index is 0.0723. The average Bonchev–Trinajstić information content (AvgIpc) is 2.90. The van der Waals surface area contributed by atoms with Crippen molar-refractivity contribution in [1.82, 2.24) is 19.9 Å². The van der Waals surface area contributed by atoms with Gasteiger partial charge in [0.25, 0.3) is 13.1 Å². The highest BCUT2D eigenvalue weighted by molar-refractivity contribution is 7.57. The summed E-state index contributed by atoms with van der Waals surface area (Å²) in [6.45, 7) is 1.48. The van der Waals surface area contributed by atoms with Gasteiger partial charge in [-0.25, -0.2) is 9.88 Å². The first-order valence-corrected chi connectivity index (χ1v) is 9.70. The van der Waals surface area contributed by atoms with Crippen LogP contribution in [0.5, 0.6) is 0 Å². The van der Waals surface area contributed by atoms with Crippen LogP contribution >= 0.6 is 7.52 Å². The Kier molecular flexibility index (Phi) is 5.13. The van der Waals surface area contributed by atoms with Gasteiger partial charge in [0.05, 0.1) is 13.2 Å². The number of hydrogen-bond acceptors (Lipinski definition) is 9. The van der Waals surface area contributed by atoms with E-state index in [0.717, 1.165) is 10.9 Å². The Bertz CT molecular complexity index is 853.